The second-order valence-electron chi connectivity index (χ2n) is 9.57. The molecule has 2 unspecified atom stereocenters. The minimum absolute atomic E-state index is 0.0640. The van der Waals surface area contributed by atoms with Crippen molar-refractivity contribution in [3.63, 3.8) is 0 Å². The van der Waals surface area contributed by atoms with Crippen LogP contribution in [0.5, 0.6) is 5.75 Å². The van der Waals surface area contributed by atoms with Crippen LogP contribution >= 0.6 is 0 Å². The number of aromatic nitrogens is 2. The van der Waals surface area contributed by atoms with E-state index < -0.39 is 36.4 Å². The Morgan fingerprint density at radius 2 is 1.37 bits per heavy atom. The molecule has 2 saturated heterocycles. The first kappa shape index (κ1) is 39.8. The second kappa shape index (κ2) is 17.5. The van der Waals surface area contributed by atoms with Gasteiger partial charge in [-0.05, 0) is 43.0 Å². The fourth-order valence-corrected chi connectivity index (χ4v) is 4.14. The molecule has 46 heavy (non-hydrogen) atoms. The molecule has 0 amide bonds. The van der Waals surface area contributed by atoms with Gasteiger partial charge in [0, 0.05) is 50.2 Å². The SMILES string of the molecule is O=C(O)C(F)(F)F.O=C(O)C(F)(F)F.O=C(O)C(F)(F)F.c1cncc(CN2CCC3OCCCC3(COc3cccnc3)C2)c1. The fraction of sp³-hybridized carbons (Fsp3) is 0.500. The smallest absolute Gasteiger partial charge is 0.490 e. The summed E-state index contributed by atoms with van der Waals surface area (Å²) in [7, 11) is 0. The van der Waals surface area contributed by atoms with E-state index >= 15 is 0 Å². The van der Waals surface area contributed by atoms with Crippen molar-refractivity contribution in [2.45, 2.75) is 50.4 Å². The number of hydrogen-bond donors (Lipinski definition) is 3. The first-order valence-corrected chi connectivity index (χ1v) is 12.8. The normalized spacial score (nSPS) is 19.7. The molecule has 2 aliphatic heterocycles. The standard InChI is InChI=1S/C20H25N3O2.3C2HF3O2/c1-4-17(12-21-8-1)14-23-10-6-19-20(15-23,7-3-11-24-19)16-25-18-5-2-9-22-13-18;3*3-2(4,5)1(6)7/h1-2,4-5,8-9,12-13,19H,3,6-7,10-11,14-16H2;3*(H,6,7). The monoisotopic (exact) mass is 681 g/mol. The van der Waals surface area contributed by atoms with Gasteiger partial charge < -0.3 is 24.8 Å². The maximum Gasteiger partial charge on any atom is 0.490 e. The third kappa shape index (κ3) is 14.7. The summed E-state index contributed by atoms with van der Waals surface area (Å²) in [6.07, 6.45) is -4.29. The van der Waals surface area contributed by atoms with E-state index in [1.165, 1.54) is 5.56 Å². The molecule has 0 bridgehead atoms. The van der Waals surface area contributed by atoms with Gasteiger partial charge in [-0.25, -0.2) is 14.4 Å². The Balaban J connectivity index is 0.000000413. The lowest BCUT2D eigenvalue weighted by Gasteiger charge is -2.50. The molecule has 4 heterocycles. The molecule has 2 aliphatic rings. The number of pyridine rings is 2. The minimum atomic E-state index is -5.08. The third-order valence-corrected chi connectivity index (χ3v) is 6.08. The van der Waals surface area contributed by atoms with Gasteiger partial charge in [0.15, 0.2) is 0 Å². The zero-order valence-corrected chi connectivity index (χ0v) is 23.5. The average molecular weight is 682 g/mol. The summed E-state index contributed by atoms with van der Waals surface area (Å²) in [5.74, 6) is -7.43. The first-order valence-electron chi connectivity index (χ1n) is 12.8. The van der Waals surface area contributed by atoms with Crippen molar-refractivity contribution in [3.05, 3.63) is 54.6 Å². The molecule has 0 saturated carbocycles. The number of halogens is 9. The number of carbonyl (C=O) groups is 3. The van der Waals surface area contributed by atoms with E-state index in [4.69, 9.17) is 39.2 Å². The lowest BCUT2D eigenvalue weighted by molar-refractivity contribution is -0.193. The maximum atomic E-state index is 10.6. The van der Waals surface area contributed by atoms with Crippen LogP contribution in [0.1, 0.15) is 24.8 Å². The average Bonchev–Trinajstić information content (AvgIpc) is 2.96. The molecule has 2 aromatic heterocycles. The Hall–Kier alpha value is -4.20. The van der Waals surface area contributed by atoms with E-state index in [2.05, 4.69) is 20.9 Å². The van der Waals surface area contributed by atoms with Crippen LogP contribution in [-0.2, 0) is 25.7 Å². The molecule has 0 aromatic carbocycles. The van der Waals surface area contributed by atoms with Gasteiger partial charge in [-0.2, -0.15) is 39.5 Å². The summed E-state index contributed by atoms with van der Waals surface area (Å²) in [5, 5.41) is 21.4. The number of carboxylic acid groups (broad SMARTS) is 3. The number of fused-ring (bicyclic) bond motifs is 1. The summed E-state index contributed by atoms with van der Waals surface area (Å²) in [5.41, 5.74) is 1.33. The van der Waals surface area contributed by atoms with Gasteiger partial charge in [0.1, 0.15) is 5.75 Å². The number of carboxylic acids is 3. The quantitative estimate of drug-likeness (QED) is 0.371. The number of rotatable bonds is 5. The van der Waals surface area contributed by atoms with Crippen LogP contribution in [-0.4, -0.2) is 99.0 Å². The van der Waals surface area contributed by atoms with Crippen LogP contribution in [0.3, 0.4) is 0 Å². The molecule has 258 valence electrons. The molecule has 20 heteroatoms. The van der Waals surface area contributed by atoms with Gasteiger partial charge in [0.2, 0.25) is 0 Å². The zero-order valence-electron chi connectivity index (χ0n) is 23.5. The van der Waals surface area contributed by atoms with Crippen LogP contribution in [0.4, 0.5) is 39.5 Å². The van der Waals surface area contributed by atoms with Crippen molar-refractivity contribution < 1.29 is 78.7 Å². The molecule has 2 atom stereocenters. The van der Waals surface area contributed by atoms with Gasteiger partial charge in [-0.1, -0.05) is 6.07 Å². The molecule has 2 fully saturated rings. The van der Waals surface area contributed by atoms with Gasteiger partial charge >= 0.3 is 36.4 Å². The topological polar surface area (TPSA) is 159 Å². The number of hydrogen-bond acceptors (Lipinski definition) is 8. The highest BCUT2D eigenvalue weighted by molar-refractivity contribution is 5.73. The molecule has 3 N–H and O–H groups in total. The van der Waals surface area contributed by atoms with Crippen LogP contribution in [0.15, 0.2) is 49.1 Å². The molecular weight excluding hydrogens is 653 g/mol. The molecule has 0 radical (unpaired) electrons. The second-order valence-corrected chi connectivity index (χ2v) is 9.57. The van der Waals surface area contributed by atoms with E-state index in [-0.39, 0.29) is 5.41 Å². The van der Waals surface area contributed by atoms with E-state index in [1.807, 2.05) is 30.6 Å². The molecular formula is C26H28F9N3O8. The highest BCUT2D eigenvalue weighted by atomic mass is 19.4. The Morgan fingerprint density at radius 1 is 0.870 bits per heavy atom. The van der Waals surface area contributed by atoms with Crippen molar-refractivity contribution >= 4 is 17.9 Å². The molecule has 2 aromatic rings. The van der Waals surface area contributed by atoms with E-state index in [0.29, 0.717) is 12.7 Å². The molecule has 0 spiro atoms. The van der Waals surface area contributed by atoms with E-state index in [9.17, 15) is 39.5 Å². The van der Waals surface area contributed by atoms with Crippen molar-refractivity contribution in [1.29, 1.82) is 0 Å². The lowest BCUT2D eigenvalue weighted by Crippen LogP contribution is -2.57. The molecule has 11 nitrogen and oxygen atoms in total. The maximum absolute atomic E-state index is 10.6. The van der Waals surface area contributed by atoms with Crippen LogP contribution in [0, 0.1) is 5.41 Å². The van der Waals surface area contributed by atoms with Gasteiger partial charge in [0.05, 0.1) is 18.9 Å². The Morgan fingerprint density at radius 3 is 1.80 bits per heavy atom. The van der Waals surface area contributed by atoms with Crippen LogP contribution in [0.25, 0.3) is 0 Å². The highest BCUT2D eigenvalue weighted by Crippen LogP contribution is 2.41. The molecule has 4 rings (SSSR count). The predicted octanol–water partition coefficient (Wildman–Crippen LogP) is 4.83. The third-order valence-electron chi connectivity index (χ3n) is 6.08. The summed E-state index contributed by atoms with van der Waals surface area (Å²) >= 11 is 0. The number of alkyl halides is 9. The highest BCUT2D eigenvalue weighted by Gasteiger charge is 2.46. The van der Waals surface area contributed by atoms with Gasteiger partial charge in [-0.3, -0.25) is 14.9 Å². The Labute approximate surface area is 254 Å². The Kier molecular flexibility index (Phi) is 15.1. The van der Waals surface area contributed by atoms with Crippen molar-refractivity contribution in [2.24, 2.45) is 5.41 Å². The Bertz CT molecular complexity index is 1180. The van der Waals surface area contributed by atoms with E-state index in [1.54, 1.807) is 12.4 Å². The first-order chi connectivity index (χ1) is 21.2. The number of aliphatic carboxylic acids is 3. The summed E-state index contributed by atoms with van der Waals surface area (Å²) in [6, 6.07) is 8.04. The van der Waals surface area contributed by atoms with Crippen molar-refractivity contribution in [1.82, 2.24) is 14.9 Å². The summed E-state index contributed by atoms with van der Waals surface area (Å²) in [4.78, 5) is 37.6. The van der Waals surface area contributed by atoms with Gasteiger partial charge in [0.25, 0.3) is 0 Å². The summed E-state index contributed by atoms with van der Waals surface area (Å²) in [6.45, 7) is 4.57. The number of piperidine rings is 1. The number of likely N-dealkylation sites (tertiary alicyclic amines) is 1. The fourth-order valence-electron chi connectivity index (χ4n) is 4.14. The lowest BCUT2D eigenvalue weighted by atomic mass is 9.73. The number of nitrogens with zero attached hydrogens (tertiary/aromatic N) is 3. The van der Waals surface area contributed by atoms with Crippen LogP contribution in [0.2, 0.25) is 0 Å². The van der Waals surface area contributed by atoms with Crippen LogP contribution < -0.4 is 4.74 Å². The van der Waals surface area contributed by atoms with Gasteiger partial charge in [-0.15, -0.1) is 0 Å². The van der Waals surface area contributed by atoms with Crippen molar-refractivity contribution in [3.8, 4) is 5.75 Å². The minimum Gasteiger partial charge on any atom is -0.491 e. The zero-order chi connectivity index (χ0) is 35.2. The van der Waals surface area contributed by atoms with Crippen molar-refractivity contribution in [2.75, 3.05) is 26.3 Å². The van der Waals surface area contributed by atoms with E-state index in [0.717, 1.165) is 51.3 Å². The predicted molar refractivity (Wildman–Crippen MR) is 136 cm³/mol. The molecule has 0 aliphatic carbocycles. The largest absolute Gasteiger partial charge is 0.491 e. The summed E-state index contributed by atoms with van der Waals surface area (Å²) < 4.78 is 107. The number of ether oxygens (including phenoxy) is 2.